The van der Waals surface area contributed by atoms with Crippen LogP contribution in [0.3, 0.4) is 0 Å². The smallest absolute Gasteiger partial charge is 0.135 e. The van der Waals surface area contributed by atoms with Crippen LogP contribution >= 0.6 is 0 Å². The Hall–Kier alpha value is -1.37. The molecular formula is C25H42O. The largest absolute Gasteiger partial charge is 0.299 e. The topological polar surface area (TPSA) is 17.1 Å². The van der Waals surface area contributed by atoms with E-state index in [9.17, 15) is 4.79 Å². The normalized spacial score (nSPS) is 12.6. The van der Waals surface area contributed by atoms with Crippen LogP contribution in [0.2, 0.25) is 0 Å². The number of Topliss-reactive ketones (excluding diaryl/α,β-unsaturated/α-hetero) is 1. The maximum Gasteiger partial charge on any atom is 0.135 e. The third-order valence-corrected chi connectivity index (χ3v) is 4.40. The Labute approximate surface area is 163 Å². The standard InChI is InChI=1S/C25H42O/c1-4-5-6-7-8-9-10-11-12-13-14-15-16-17-18-19-20-21-22-23-25(26)24(2)3/h8-9,11-12,14-15,17-18,24H,4-7,10,13,16,19-23H2,1-3H3/b9-8-,12-11-,15-14-,18-17-. The lowest BCUT2D eigenvalue weighted by Gasteiger charge is -2.02. The van der Waals surface area contributed by atoms with Crippen LogP contribution in [0.15, 0.2) is 48.6 Å². The van der Waals surface area contributed by atoms with Crippen molar-refractivity contribution in [2.45, 2.75) is 97.8 Å². The van der Waals surface area contributed by atoms with Crippen molar-refractivity contribution in [3.05, 3.63) is 48.6 Å². The summed E-state index contributed by atoms with van der Waals surface area (Å²) in [4.78, 5) is 11.5. The van der Waals surface area contributed by atoms with Crippen LogP contribution in [0.1, 0.15) is 97.8 Å². The lowest BCUT2D eigenvalue weighted by Crippen LogP contribution is -2.05. The molecule has 0 unspecified atom stereocenters. The molecule has 1 nitrogen and oxygen atoms in total. The van der Waals surface area contributed by atoms with E-state index < -0.39 is 0 Å². The monoisotopic (exact) mass is 358 g/mol. The van der Waals surface area contributed by atoms with Gasteiger partial charge in [0.25, 0.3) is 0 Å². The van der Waals surface area contributed by atoms with Crippen molar-refractivity contribution in [2.24, 2.45) is 5.92 Å². The Morgan fingerprint density at radius 2 is 1.12 bits per heavy atom. The molecule has 0 atom stereocenters. The van der Waals surface area contributed by atoms with E-state index in [1.54, 1.807) is 0 Å². The number of carbonyl (C=O) groups is 1. The highest BCUT2D eigenvalue weighted by atomic mass is 16.1. The predicted molar refractivity (Wildman–Crippen MR) is 117 cm³/mol. The zero-order valence-electron chi connectivity index (χ0n) is 17.6. The number of rotatable bonds is 17. The minimum Gasteiger partial charge on any atom is -0.299 e. The van der Waals surface area contributed by atoms with Crippen molar-refractivity contribution < 1.29 is 4.79 Å². The molecule has 0 aliphatic rings. The quantitative estimate of drug-likeness (QED) is 0.189. The van der Waals surface area contributed by atoms with Gasteiger partial charge in [0.05, 0.1) is 0 Å². The van der Waals surface area contributed by atoms with Crippen LogP contribution in [-0.4, -0.2) is 5.78 Å². The number of carbonyl (C=O) groups excluding carboxylic acids is 1. The SMILES string of the molecule is CCCCC/C=C\C/C=C\C/C=C\C/C=C\CCCCCC(=O)C(C)C. The second-order valence-electron chi connectivity index (χ2n) is 7.31. The summed E-state index contributed by atoms with van der Waals surface area (Å²) >= 11 is 0. The first-order valence-electron chi connectivity index (χ1n) is 10.8. The molecule has 0 rings (SSSR count). The van der Waals surface area contributed by atoms with Crippen LogP contribution < -0.4 is 0 Å². The Balaban J connectivity index is 3.42. The summed E-state index contributed by atoms with van der Waals surface area (Å²) in [6, 6.07) is 0. The third kappa shape index (κ3) is 19.0. The number of hydrogen-bond donors (Lipinski definition) is 0. The summed E-state index contributed by atoms with van der Waals surface area (Å²) in [5.41, 5.74) is 0. The highest BCUT2D eigenvalue weighted by Gasteiger charge is 2.05. The van der Waals surface area contributed by atoms with E-state index in [0.717, 1.165) is 44.9 Å². The van der Waals surface area contributed by atoms with Gasteiger partial charge in [0.15, 0.2) is 0 Å². The van der Waals surface area contributed by atoms with Gasteiger partial charge >= 0.3 is 0 Å². The fraction of sp³-hybridized carbons (Fsp3) is 0.640. The van der Waals surface area contributed by atoms with Gasteiger partial charge in [-0.15, -0.1) is 0 Å². The molecule has 0 aliphatic carbocycles. The highest BCUT2D eigenvalue weighted by Crippen LogP contribution is 2.08. The molecule has 1 heteroatoms. The van der Waals surface area contributed by atoms with E-state index in [2.05, 4.69) is 55.5 Å². The maximum absolute atomic E-state index is 11.5. The Morgan fingerprint density at radius 1 is 0.654 bits per heavy atom. The first-order chi connectivity index (χ1) is 12.7. The molecule has 0 bridgehead atoms. The average Bonchev–Trinajstić information content (AvgIpc) is 2.63. The van der Waals surface area contributed by atoms with Crippen LogP contribution in [0, 0.1) is 5.92 Å². The summed E-state index contributed by atoms with van der Waals surface area (Å²) in [6.45, 7) is 6.22. The molecule has 0 heterocycles. The van der Waals surface area contributed by atoms with Crippen molar-refractivity contribution >= 4 is 5.78 Å². The minimum absolute atomic E-state index is 0.198. The van der Waals surface area contributed by atoms with Gasteiger partial charge in [-0.05, 0) is 51.4 Å². The first-order valence-corrected chi connectivity index (χ1v) is 10.8. The van der Waals surface area contributed by atoms with Gasteiger partial charge in [-0.2, -0.15) is 0 Å². The van der Waals surface area contributed by atoms with Crippen molar-refractivity contribution in [1.82, 2.24) is 0 Å². The van der Waals surface area contributed by atoms with Gasteiger partial charge in [0.2, 0.25) is 0 Å². The van der Waals surface area contributed by atoms with Gasteiger partial charge in [-0.3, -0.25) is 4.79 Å². The summed E-state index contributed by atoms with van der Waals surface area (Å²) < 4.78 is 0. The summed E-state index contributed by atoms with van der Waals surface area (Å²) in [5, 5.41) is 0. The average molecular weight is 359 g/mol. The number of allylic oxidation sites excluding steroid dienone is 8. The summed E-state index contributed by atoms with van der Waals surface area (Å²) in [7, 11) is 0. The van der Waals surface area contributed by atoms with Crippen molar-refractivity contribution in [2.75, 3.05) is 0 Å². The highest BCUT2D eigenvalue weighted by molar-refractivity contribution is 5.80. The van der Waals surface area contributed by atoms with Crippen molar-refractivity contribution in [3.63, 3.8) is 0 Å². The Bertz CT molecular complexity index is 423. The molecule has 0 amide bonds. The second kappa shape index (κ2) is 19.9. The minimum atomic E-state index is 0.198. The van der Waals surface area contributed by atoms with E-state index in [4.69, 9.17) is 0 Å². The van der Waals surface area contributed by atoms with Crippen LogP contribution in [0.4, 0.5) is 0 Å². The van der Waals surface area contributed by atoms with Gasteiger partial charge in [0, 0.05) is 12.3 Å². The van der Waals surface area contributed by atoms with Gasteiger partial charge in [-0.1, -0.05) is 88.6 Å². The van der Waals surface area contributed by atoms with E-state index >= 15 is 0 Å². The molecule has 0 saturated carbocycles. The fourth-order valence-electron chi connectivity index (χ4n) is 2.59. The Morgan fingerprint density at radius 3 is 1.58 bits per heavy atom. The molecular weight excluding hydrogens is 316 g/mol. The molecule has 0 aromatic rings. The fourth-order valence-corrected chi connectivity index (χ4v) is 2.59. The van der Waals surface area contributed by atoms with Crippen molar-refractivity contribution in [1.29, 1.82) is 0 Å². The zero-order chi connectivity index (χ0) is 19.3. The molecule has 0 saturated heterocycles. The molecule has 0 spiro atoms. The third-order valence-electron chi connectivity index (χ3n) is 4.40. The molecule has 148 valence electrons. The van der Waals surface area contributed by atoms with Crippen molar-refractivity contribution in [3.8, 4) is 0 Å². The van der Waals surface area contributed by atoms with E-state index in [-0.39, 0.29) is 5.92 Å². The van der Waals surface area contributed by atoms with Gasteiger partial charge in [0.1, 0.15) is 5.78 Å². The second-order valence-corrected chi connectivity index (χ2v) is 7.31. The Kier molecular flexibility index (Phi) is 18.9. The molecule has 26 heavy (non-hydrogen) atoms. The van der Waals surface area contributed by atoms with E-state index in [1.165, 1.54) is 32.1 Å². The van der Waals surface area contributed by atoms with Crippen LogP contribution in [-0.2, 0) is 4.79 Å². The van der Waals surface area contributed by atoms with Gasteiger partial charge < -0.3 is 0 Å². The van der Waals surface area contributed by atoms with Crippen LogP contribution in [0.5, 0.6) is 0 Å². The summed E-state index contributed by atoms with van der Waals surface area (Å²) in [5.74, 6) is 0.603. The number of unbranched alkanes of at least 4 members (excludes halogenated alkanes) is 6. The molecule has 0 N–H and O–H groups in total. The first kappa shape index (κ1) is 24.6. The molecule has 0 aromatic carbocycles. The maximum atomic E-state index is 11.5. The predicted octanol–water partition coefficient (Wildman–Crippen LogP) is 8.14. The molecule has 0 aromatic heterocycles. The van der Waals surface area contributed by atoms with Crippen LogP contribution in [0.25, 0.3) is 0 Å². The number of hydrogen-bond acceptors (Lipinski definition) is 1. The lowest BCUT2D eigenvalue weighted by molar-refractivity contribution is -0.122. The molecule has 0 fully saturated rings. The lowest BCUT2D eigenvalue weighted by atomic mass is 10.0. The van der Waals surface area contributed by atoms with E-state index in [1.807, 2.05) is 13.8 Å². The summed E-state index contributed by atoms with van der Waals surface area (Å²) in [6.07, 6.45) is 31.7. The molecule has 0 radical (unpaired) electrons. The zero-order valence-corrected chi connectivity index (χ0v) is 17.6. The number of ketones is 1. The molecule has 0 aliphatic heterocycles. The van der Waals surface area contributed by atoms with Gasteiger partial charge in [-0.25, -0.2) is 0 Å². The van der Waals surface area contributed by atoms with E-state index in [0.29, 0.717) is 5.78 Å².